The molecule has 5 heterocycles. The summed E-state index contributed by atoms with van der Waals surface area (Å²) in [5, 5.41) is 22.5. The maximum atomic E-state index is 14.6. The molecule has 0 radical (unpaired) electrons. The number of hydrogen-bond donors (Lipinski definition) is 4. The summed E-state index contributed by atoms with van der Waals surface area (Å²) in [6, 6.07) is 19.9. The lowest BCUT2D eigenvalue weighted by Gasteiger charge is -2.34. The highest BCUT2D eigenvalue weighted by molar-refractivity contribution is 5.94. The van der Waals surface area contributed by atoms with Gasteiger partial charge in [-0.15, -0.1) is 0 Å². The number of ether oxygens (including phenoxy) is 8. The summed E-state index contributed by atoms with van der Waals surface area (Å²) in [4.78, 5) is 17.7. The van der Waals surface area contributed by atoms with Crippen molar-refractivity contribution < 1.29 is 56.9 Å². The second kappa shape index (κ2) is 21.9. The maximum absolute atomic E-state index is 14.6. The van der Waals surface area contributed by atoms with Crippen LogP contribution >= 0.6 is 0 Å². The van der Waals surface area contributed by atoms with Crippen LogP contribution < -0.4 is 0 Å². The number of aliphatic hydroxyl groups is 2. The van der Waals surface area contributed by atoms with Gasteiger partial charge in [0.15, 0.2) is 0 Å². The number of fused-ring (bicyclic) bond motifs is 8. The minimum atomic E-state index is -1.10. The van der Waals surface area contributed by atoms with Crippen LogP contribution in [0.2, 0.25) is 0 Å². The van der Waals surface area contributed by atoms with Crippen molar-refractivity contribution >= 4 is 46.4 Å². The van der Waals surface area contributed by atoms with Crippen LogP contribution in [0.1, 0.15) is 46.1 Å². The molecule has 0 amide bonds. The molecule has 0 spiro atoms. The third-order valence-corrected chi connectivity index (χ3v) is 11.9. The Hall–Kier alpha value is -5.50. The number of aromatic amines is 2. The zero-order valence-electron chi connectivity index (χ0n) is 38.1. The predicted octanol–water partition coefficient (Wildman–Crippen LogP) is 7.72. The molecule has 5 aromatic rings. The maximum Gasteiger partial charge on any atom is 0.123 e. The monoisotopic (exact) mass is 910 g/mol. The molecule has 0 saturated heterocycles. The molecule has 350 valence electrons. The fourth-order valence-electron chi connectivity index (χ4n) is 8.93. The number of aliphatic hydroxyl groups excluding tert-OH is 2. The number of nitrogens with one attached hydrogen (secondary N) is 2. The van der Waals surface area contributed by atoms with Gasteiger partial charge in [-0.2, -0.15) is 0 Å². The molecule has 14 nitrogen and oxygen atoms in total. The third kappa shape index (κ3) is 9.80. The minimum absolute atomic E-state index is 0.0299. The molecular formula is C50H56F2N4O10. The molecule has 2 aromatic carbocycles. The molecule has 4 N–H and O–H groups in total. The Balaban J connectivity index is 1.65. The number of aromatic nitrogens is 4. The minimum Gasteiger partial charge on any atom is -0.388 e. The molecule has 2 aliphatic heterocycles. The van der Waals surface area contributed by atoms with Gasteiger partial charge < -0.3 is 58.1 Å². The fourth-order valence-corrected chi connectivity index (χ4v) is 8.93. The molecule has 3 aromatic heterocycles. The van der Waals surface area contributed by atoms with E-state index in [0.717, 1.165) is 0 Å². The summed E-state index contributed by atoms with van der Waals surface area (Å²) in [5.74, 6) is -0.818. The standard InChI is InChI=1S/C50H56F2N4O10/c1-59-25-39(57)45(61-3)49(65-7)47(63-5)43-35-21-17-31(53-35)41(27-9-13-29(51)14-10-27)33-19-23-37(55-33)44(48(64-6)50(66-8)46(62-4)40(58)26-60-2)38-24-20-34(56-38)42(32-18-22-36(43)54-32)28-11-15-30(52)16-12-28/h9-24,39-40,45-50,53-54,57-58H,25-26H2,1-8H3/t39-,40-,45-,46-,47+,48+,49+,50+/m1/s1. The highest BCUT2D eigenvalue weighted by Gasteiger charge is 2.40. The van der Waals surface area contributed by atoms with E-state index in [9.17, 15) is 19.0 Å². The lowest BCUT2D eigenvalue weighted by atomic mass is 9.94. The van der Waals surface area contributed by atoms with Crippen molar-refractivity contribution in [1.29, 1.82) is 0 Å². The second-order valence-electron chi connectivity index (χ2n) is 15.8. The molecule has 0 unspecified atom stereocenters. The van der Waals surface area contributed by atoms with Gasteiger partial charge in [0.2, 0.25) is 0 Å². The summed E-state index contributed by atoms with van der Waals surface area (Å²) < 4.78 is 76.2. The summed E-state index contributed by atoms with van der Waals surface area (Å²) in [7, 11) is 12.0. The number of nitrogens with zero attached hydrogens (tertiary/aromatic N) is 2. The third-order valence-electron chi connectivity index (χ3n) is 11.9. The van der Waals surface area contributed by atoms with Crippen LogP contribution in [0.3, 0.4) is 0 Å². The lowest BCUT2D eigenvalue weighted by molar-refractivity contribution is -0.152. The number of rotatable bonds is 20. The zero-order chi connectivity index (χ0) is 47.1. The molecule has 0 aliphatic carbocycles. The molecule has 0 saturated carbocycles. The molecule has 16 heteroatoms. The number of methoxy groups -OCH3 is 8. The van der Waals surface area contributed by atoms with Gasteiger partial charge in [-0.05, 0) is 84.0 Å². The summed E-state index contributed by atoms with van der Waals surface area (Å²) >= 11 is 0. The van der Waals surface area contributed by atoms with Gasteiger partial charge in [0.25, 0.3) is 0 Å². The molecule has 66 heavy (non-hydrogen) atoms. The average molecular weight is 911 g/mol. The Morgan fingerprint density at radius 3 is 1.14 bits per heavy atom. The van der Waals surface area contributed by atoms with Gasteiger partial charge in [-0.3, -0.25) is 0 Å². The van der Waals surface area contributed by atoms with E-state index >= 15 is 0 Å². The van der Waals surface area contributed by atoms with Crippen LogP contribution in [-0.2, 0) is 37.9 Å². The first-order valence-corrected chi connectivity index (χ1v) is 21.2. The SMILES string of the molecule is COC[C@@H](O)[C@@H](OC)[C@H](OC)[C@@H](OC)c1c2nc(c(-c3ccc(F)cc3)c3ccc([nH]3)c([C@H](OC)[C@@H](OC)[C@H](OC)[C@H](O)COC)c3ccc([nH]3)c(-c3ccc(F)cc3)c3nc1C=C3)C=C2. The van der Waals surface area contributed by atoms with Gasteiger partial charge >= 0.3 is 0 Å². The topological polar surface area (TPSA) is 172 Å². The molecular weight excluding hydrogens is 855 g/mol. The van der Waals surface area contributed by atoms with Gasteiger partial charge in [-0.1, -0.05) is 24.3 Å². The van der Waals surface area contributed by atoms with Crippen molar-refractivity contribution in [2.75, 3.05) is 70.1 Å². The summed E-state index contributed by atoms with van der Waals surface area (Å²) in [6.07, 6.45) is -0.206. The quantitative estimate of drug-likeness (QED) is 0.0588. The average Bonchev–Trinajstić information content (AvgIpc) is 4.17. The van der Waals surface area contributed by atoms with Crippen molar-refractivity contribution in [3.63, 3.8) is 0 Å². The molecule has 8 atom stereocenters. The van der Waals surface area contributed by atoms with E-state index in [0.29, 0.717) is 78.2 Å². The Morgan fingerprint density at radius 2 is 0.788 bits per heavy atom. The van der Waals surface area contributed by atoms with Crippen LogP contribution in [0.5, 0.6) is 0 Å². The number of halogens is 2. The first-order valence-electron chi connectivity index (χ1n) is 21.2. The van der Waals surface area contributed by atoms with E-state index < -0.39 is 60.5 Å². The van der Waals surface area contributed by atoms with Crippen molar-refractivity contribution in [2.45, 2.75) is 48.8 Å². The van der Waals surface area contributed by atoms with E-state index in [2.05, 4.69) is 9.97 Å². The van der Waals surface area contributed by atoms with Crippen molar-refractivity contribution in [3.05, 3.63) is 118 Å². The summed E-state index contributed by atoms with van der Waals surface area (Å²) in [6.45, 7) is -0.0686. The van der Waals surface area contributed by atoms with Crippen molar-refractivity contribution in [2.24, 2.45) is 0 Å². The molecule has 2 aliphatic rings. The molecule has 0 fully saturated rings. The molecule has 7 rings (SSSR count). The lowest BCUT2D eigenvalue weighted by Crippen LogP contribution is -2.46. The Bertz CT molecular complexity index is 2520. The van der Waals surface area contributed by atoms with E-state index in [1.54, 1.807) is 31.4 Å². The van der Waals surface area contributed by atoms with Gasteiger partial charge in [-0.25, -0.2) is 18.7 Å². The van der Waals surface area contributed by atoms with Gasteiger partial charge in [0, 0.05) is 101 Å². The molecule has 8 bridgehead atoms. The number of benzene rings is 2. The Morgan fingerprint density at radius 1 is 0.439 bits per heavy atom. The first-order chi connectivity index (χ1) is 32.0. The Kier molecular flexibility index (Phi) is 16.0. The van der Waals surface area contributed by atoms with E-state index in [-0.39, 0.29) is 13.2 Å². The summed E-state index contributed by atoms with van der Waals surface area (Å²) in [5.41, 5.74) is 8.17. The van der Waals surface area contributed by atoms with Crippen molar-refractivity contribution in [1.82, 2.24) is 19.9 Å². The predicted molar refractivity (Wildman–Crippen MR) is 248 cm³/mol. The van der Waals surface area contributed by atoms with Crippen LogP contribution in [0, 0.1) is 11.6 Å². The highest BCUT2D eigenvalue weighted by atomic mass is 19.1. The number of hydrogen-bond acceptors (Lipinski definition) is 12. The second-order valence-corrected chi connectivity index (χ2v) is 15.8. The normalized spacial score (nSPS) is 16.2. The van der Waals surface area contributed by atoms with E-state index in [4.69, 9.17) is 47.9 Å². The Labute approximate surface area is 381 Å². The first kappa shape index (κ1) is 48.4. The van der Waals surface area contributed by atoms with Crippen LogP contribution in [-0.4, -0.2) is 137 Å². The zero-order valence-corrected chi connectivity index (χ0v) is 38.1. The van der Waals surface area contributed by atoms with Crippen LogP contribution in [0.15, 0.2) is 72.8 Å². The van der Waals surface area contributed by atoms with Gasteiger partial charge in [0.1, 0.15) is 60.5 Å². The largest absolute Gasteiger partial charge is 0.388 e. The van der Waals surface area contributed by atoms with Crippen LogP contribution in [0.25, 0.3) is 68.6 Å². The van der Waals surface area contributed by atoms with E-state index in [1.165, 1.54) is 74.0 Å². The van der Waals surface area contributed by atoms with Crippen LogP contribution in [0.4, 0.5) is 8.78 Å². The fraction of sp³-hybridized carbons (Fsp3) is 0.360. The number of H-pyrrole nitrogens is 2. The van der Waals surface area contributed by atoms with E-state index in [1.807, 2.05) is 48.6 Å². The van der Waals surface area contributed by atoms with Crippen molar-refractivity contribution in [3.8, 4) is 22.3 Å². The smallest absolute Gasteiger partial charge is 0.123 e. The van der Waals surface area contributed by atoms with Gasteiger partial charge in [0.05, 0.1) is 36.0 Å². The highest BCUT2D eigenvalue weighted by Crippen LogP contribution is 2.40.